The lowest BCUT2D eigenvalue weighted by atomic mass is 9.70. The zero-order chi connectivity index (χ0) is 20.8. The third-order valence-electron chi connectivity index (χ3n) is 6.81. The van der Waals surface area contributed by atoms with E-state index in [2.05, 4.69) is 10.6 Å². The fraction of sp³-hybridized carbons (Fsp3) is 0.850. The molecule has 2 bridgehead atoms. The van der Waals surface area contributed by atoms with Crippen molar-refractivity contribution in [2.75, 3.05) is 13.7 Å². The number of rotatable bonds is 7. The van der Waals surface area contributed by atoms with Crippen LogP contribution in [-0.4, -0.2) is 69.5 Å². The lowest BCUT2D eigenvalue weighted by Crippen LogP contribution is -2.58. The molecule has 0 aromatic rings. The van der Waals surface area contributed by atoms with Gasteiger partial charge >= 0.3 is 0 Å². The summed E-state index contributed by atoms with van der Waals surface area (Å²) in [4.78, 5) is 41.3. The summed E-state index contributed by atoms with van der Waals surface area (Å²) >= 11 is 1.65. The largest absolute Gasteiger partial charge is 0.394 e. The van der Waals surface area contributed by atoms with Crippen molar-refractivity contribution in [3.05, 3.63) is 0 Å². The number of thioether (sulfide) groups is 1. The van der Waals surface area contributed by atoms with Crippen LogP contribution in [0.15, 0.2) is 0 Å². The first kappa shape index (κ1) is 21.4. The van der Waals surface area contributed by atoms with E-state index in [1.54, 1.807) is 23.7 Å². The van der Waals surface area contributed by atoms with Crippen molar-refractivity contribution in [1.82, 2.24) is 15.5 Å². The number of aliphatic hydroxyl groups excluding tert-OH is 1. The van der Waals surface area contributed by atoms with Crippen LogP contribution < -0.4 is 10.6 Å². The number of aliphatic hydroxyl groups is 1. The molecule has 8 heteroatoms. The molecule has 3 N–H and O–H groups in total. The standard InChI is InChI=1S/C20H33N3O4S/c1-6-11(4)12(9-24)23-16(18(26)22-10(2)3)20-8-7-13(28-20)14(17(25)21-5)15(20)19(23)27/h10-16,24H,6-9H2,1-5H3,(H,21,25)(H,22,26)/t11-,12-,13-,14+,15-,16?,20?/m0/s1. The average molecular weight is 412 g/mol. The molecule has 3 fully saturated rings. The molecule has 7 nitrogen and oxygen atoms in total. The normalized spacial score (nSPS) is 35.8. The van der Waals surface area contributed by atoms with Gasteiger partial charge in [-0.05, 0) is 32.6 Å². The van der Waals surface area contributed by atoms with Crippen LogP contribution in [0.1, 0.15) is 47.0 Å². The molecule has 0 saturated carbocycles. The number of hydrogen-bond acceptors (Lipinski definition) is 5. The van der Waals surface area contributed by atoms with Crippen molar-refractivity contribution < 1.29 is 19.5 Å². The van der Waals surface area contributed by atoms with Gasteiger partial charge in [-0.25, -0.2) is 0 Å². The second-order valence-electron chi connectivity index (χ2n) is 8.71. The maximum absolute atomic E-state index is 13.7. The predicted octanol–water partition coefficient (Wildman–Crippen LogP) is 0.755. The summed E-state index contributed by atoms with van der Waals surface area (Å²) in [5.41, 5.74) is 0. The molecule has 0 aromatic carbocycles. The van der Waals surface area contributed by atoms with E-state index < -0.39 is 28.7 Å². The van der Waals surface area contributed by atoms with Gasteiger partial charge in [-0.1, -0.05) is 20.3 Å². The van der Waals surface area contributed by atoms with Gasteiger partial charge in [0.2, 0.25) is 17.7 Å². The van der Waals surface area contributed by atoms with E-state index in [9.17, 15) is 19.5 Å². The maximum Gasteiger partial charge on any atom is 0.244 e. The molecule has 0 aromatic heterocycles. The highest BCUT2D eigenvalue weighted by Crippen LogP contribution is 2.66. The van der Waals surface area contributed by atoms with Crippen molar-refractivity contribution in [3.63, 3.8) is 0 Å². The van der Waals surface area contributed by atoms with Gasteiger partial charge in [0.25, 0.3) is 0 Å². The van der Waals surface area contributed by atoms with Crippen LogP contribution in [0.25, 0.3) is 0 Å². The van der Waals surface area contributed by atoms with Crippen LogP contribution in [0.2, 0.25) is 0 Å². The highest BCUT2D eigenvalue weighted by atomic mass is 32.2. The first-order valence-electron chi connectivity index (χ1n) is 10.4. The Morgan fingerprint density at radius 3 is 2.54 bits per heavy atom. The predicted molar refractivity (Wildman–Crippen MR) is 109 cm³/mol. The van der Waals surface area contributed by atoms with Gasteiger partial charge in [0, 0.05) is 18.3 Å². The van der Waals surface area contributed by atoms with Crippen molar-refractivity contribution >= 4 is 29.5 Å². The summed E-state index contributed by atoms with van der Waals surface area (Å²) in [6.45, 7) is 7.63. The van der Waals surface area contributed by atoms with Crippen LogP contribution in [0.3, 0.4) is 0 Å². The highest BCUT2D eigenvalue weighted by molar-refractivity contribution is 8.02. The lowest BCUT2D eigenvalue weighted by Gasteiger charge is -2.39. The summed E-state index contributed by atoms with van der Waals surface area (Å²) < 4.78 is -0.585. The molecule has 3 aliphatic rings. The Kier molecular flexibility index (Phi) is 6.01. The van der Waals surface area contributed by atoms with E-state index in [1.807, 2.05) is 27.7 Å². The second-order valence-corrected chi connectivity index (χ2v) is 10.3. The van der Waals surface area contributed by atoms with Gasteiger partial charge in [-0.3, -0.25) is 14.4 Å². The van der Waals surface area contributed by atoms with Gasteiger partial charge in [0.05, 0.1) is 29.2 Å². The summed E-state index contributed by atoms with van der Waals surface area (Å²) in [6.07, 6.45) is 2.37. The number of nitrogens with zero attached hydrogens (tertiary/aromatic N) is 1. The van der Waals surface area contributed by atoms with Crippen LogP contribution in [0.4, 0.5) is 0 Å². The van der Waals surface area contributed by atoms with Crippen LogP contribution in [0.5, 0.6) is 0 Å². The van der Waals surface area contributed by atoms with Crippen LogP contribution in [-0.2, 0) is 14.4 Å². The first-order valence-corrected chi connectivity index (χ1v) is 11.2. The third-order valence-corrected chi connectivity index (χ3v) is 8.76. The lowest BCUT2D eigenvalue weighted by molar-refractivity contribution is -0.144. The molecule has 0 aliphatic carbocycles. The quantitative estimate of drug-likeness (QED) is 0.574. The molecule has 158 valence electrons. The van der Waals surface area contributed by atoms with E-state index in [0.29, 0.717) is 0 Å². The Bertz CT molecular complexity index is 657. The van der Waals surface area contributed by atoms with Crippen molar-refractivity contribution in [1.29, 1.82) is 0 Å². The molecule has 7 atom stereocenters. The summed E-state index contributed by atoms with van der Waals surface area (Å²) in [5.74, 6) is -1.29. The number of fused-ring (bicyclic) bond motifs is 1. The fourth-order valence-electron chi connectivity index (χ4n) is 5.39. The van der Waals surface area contributed by atoms with Gasteiger partial charge in [-0.15, -0.1) is 11.8 Å². The van der Waals surface area contributed by atoms with Crippen LogP contribution >= 0.6 is 11.8 Å². The molecular formula is C20H33N3O4S. The molecule has 3 saturated heterocycles. The number of nitrogens with one attached hydrogen (secondary N) is 2. The second kappa shape index (κ2) is 7.86. The van der Waals surface area contributed by atoms with Crippen molar-refractivity contribution in [2.45, 2.75) is 75.1 Å². The van der Waals surface area contributed by atoms with E-state index in [0.717, 1.165) is 19.3 Å². The molecule has 3 amide bonds. The van der Waals surface area contributed by atoms with Gasteiger partial charge < -0.3 is 20.6 Å². The Hall–Kier alpha value is -1.28. The number of carbonyl (C=O) groups is 3. The number of likely N-dealkylation sites (tertiary alicyclic amines) is 1. The van der Waals surface area contributed by atoms with E-state index in [-0.39, 0.29) is 41.5 Å². The molecule has 3 heterocycles. The van der Waals surface area contributed by atoms with Crippen LogP contribution in [0, 0.1) is 17.8 Å². The zero-order valence-corrected chi connectivity index (χ0v) is 18.2. The minimum atomic E-state index is -0.650. The fourth-order valence-corrected chi connectivity index (χ4v) is 7.60. The summed E-state index contributed by atoms with van der Waals surface area (Å²) in [7, 11) is 1.60. The van der Waals surface area contributed by atoms with E-state index in [1.165, 1.54) is 0 Å². The molecule has 2 unspecified atom stereocenters. The molecule has 3 aliphatic heterocycles. The minimum absolute atomic E-state index is 0.0468. The number of carbonyl (C=O) groups excluding carboxylic acids is 3. The van der Waals surface area contributed by atoms with Crippen molar-refractivity contribution in [2.24, 2.45) is 17.8 Å². The Labute approximate surface area is 171 Å². The highest BCUT2D eigenvalue weighted by Gasteiger charge is 2.74. The van der Waals surface area contributed by atoms with E-state index in [4.69, 9.17) is 0 Å². The van der Waals surface area contributed by atoms with E-state index >= 15 is 0 Å². The first-order chi connectivity index (χ1) is 13.2. The third kappa shape index (κ3) is 3.03. The Balaban J connectivity index is 2.08. The topological polar surface area (TPSA) is 98.7 Å². The molecule has 0 radical (unpaired) electrons. The van der Waals surface area contributed by atoms with Crippen molar-refractivity contribution in [3.8, 4) is 0 Å². The molecule has 1 spiro atoms. The number of amides is 3. The number of hydrogen-bond donors (Lipinski definition) is 3. The Morgan fingerprint density at radius 1 is 1.32 bits per heavy atom. The molecule has 28 heavy (non-hydrogen) atoms. The molecular weight excluding hydrogens is 378 g/mol. The Morgan fingerprint density at radius 2 is 2.00 bits per heavy atom. The maximum atomic E-state index is 13.7. The summed E-state index contributed by atoms with van der Waals surface area (Å²) in [5, 5.41) is 15.9. The minimum Gasteiger partial charge on any atom is -0.394 e. The average Bonchev–Trinajstić information content (AvgIpc) is 3.29. The summed E-state index contributed by atoms with van der Waals surface area (Å²) in [6, 6.07) is -1.12. The zero-order valence-electron chi connectivity index (χ0n) is 17.4. The smallest absolute Gasteiger partial charge is 0.244 e. The van der Waals surface area contributed by atoms with Gasteiger partial charge in [0.1, 0.15) is 6.04 Å². The van der Waals surface area contributed by atoms with Gasteiger partial charge in [-0.2, -0.15) is 0 Å². The monoisotopic (exact) mass is 411 g/mol. The van der Waals surface area contributed by atoms with Gasteiger partial charge in [0.15, 0.2) is 0 Å². The molecule has 3 rings (SSSR count). The SMILES string of the molecule is CC[C@H](C)[C@H](CO)N1C(=O)[C@@H]2[C@H](C(=O)NC)[C@@H]3CCC2(S3)C1C(=O)NC(C)C.